The van der Waals surface area contributed by atoms with Crippen LogP contribution in [0, 0.1) is 5.41 Å². The van der Waals surface area contributed by atoms with E-state index in [1.54, 1.807) is 7.05 Å². The second kappa shape index (κ2) is 7.72. The van der Waals surface area contributed by atoms with Crippen LogP contribution in [0.1, 0.15) is 65.7 Å². The van der Waals surface area contributed by atoms with E-state index in [4.69, 9.17) is 0 Å². The minimum atomic E-state index is 0.171. The maximum Gasteiger partial charge on any atom is 0.219 e. The van der Waals surface area contributed by atoms with E-state index in [1.807, 2.05) is 0 Å². The summed E-state index contributed by atoms with van der Waals surface area (Å²) in [4.78, 5) is 10.9. The molecule has 0 fully saturated rings. The molecular weight excluding hydrogens is 186 g/mol. The van der Waals surface area contributed by atoms with Crippen LogP contribution in [0.4, 0.5) is 0 Å². The molecule has 0 aromatic heterocycles. The van der Waals surface area contributed by atoms with E-state index in [2.05, 4.69) is 26.1 Å². The van der Waals surface area contributed by atoms with Crippen molar-refractivity contribution >= 4 is 5.91 Å². The summed E-state index contributed by atoms with van der Waals surface area (Å²) in [6.45, 7) is 6.87. The van der Waals surface area contributed by atoms with Gasteiger partial charge in [0, 0.05) is 13.5 Å². The van der Waals surface area contributed by atoms with Gasteiger partial charge in [-0.2, -0.15) is 0 Å². The normalized spacial score (nSPS) is 11.5. The summed E-state index contributed by atoms with van der Waals surface area (Å²) in [7, 11) is 1.70. The van der Waals surface area contributed by atoms with Gasteiger partial charge in [-0.25, -0.2) is 0 Å². The number of hydrogen-bond acceptors (Lipinski definition) is 1. The van der Waals surface area contributed by atoms with Crippen molar-refractivity contribution in [3.63, 3.8) is 0 Å². The van der Waals surface area contributed by atoms with Crippen LogP contribution < -0.4 is 5.32 Å². The standard InChI is InChI=1S/C13H27NO/c1-13(2,3)11-9-7-5-6-8-10-12(15)14-4/h5-11H2,1-4H3,(H,14,15). The Morgan fingerprint density at radius 1 is 1.00 bits per heavy atom. The molecule has 0 bridgehead atoms. The number of nitrogens with one attached hydrogen (secondary N) is 1. The number of unbranched alkanes of at least 4 members (excludes halogenated alkanes) is 4. The van der Waals surface area contributed by atoms with Gasteiger partial charge in [0.15, 0.2) is 0 Å². The van der Waals surface area contributed by atoms with Gasteiger partial charge in [0.05, 0.1) is 0 Å². The van der Waals surface area contributed by atoms with Gasteiger partial charge in [-0.05, 0) is 18.3 Å². The number of carbonyl (C=O) groups excluding carboxylic acids is 1. The van der Waals surface area contributed by atoms with E-state index in [0.717, 1.165) is 6.42 Å². The molecule has 0 aliphatic rings. The van der Waals surface area contributed by atoms with Crippen molar-refractivity contribution < 1.29 is 4.79 Å². The Balaban J connectivity index is 3.16. The van der Waals surface area contributed by atoms with Gasteiger partial charge in [-0.3, -0.25) is 4.79 Å². The molecule has 0 saturated carbocycles. The summed E-state index contributed by atoms with van der Waals surface area (Å²) in [5.74, 6) is 0.171. The molecule has 0 atom stereocenters. The fourth-order valence-corrected chi connectivity index (χ4v) is 1.60. The average molecular weight is 213 g/mol. The SMILES string of the molecule is CNC(=O)CCCCCCCC(C)(C)C. The highest BCUT2D eigenvalue weighted by molar-refractivity contribution is 5.75. The largest absolute Gasteiger partial charge is 0.359 e. The van der Waals surface area contributed by atoms with E-state index in [-0.39, 0.29) is 5.91 Å². The Kier molecular flexibility index (Phi) is 7.45. The predicted molar refractivity (Wildman–Crippen MR) is 65.8 cm³/mol. The van der Waals surface area contributed by atoms with Gasteiger partial charge in [0.2, 0.25) is 5.91 Å². The van der Waals surface area contributed by atoms with Gasteiger partial charge in [-0.15, -0.1) is 0 Å². The molecule has 2 heteroatoms. The van der Waals surface area contributed by atoms with Gasteiger partial charge in [-0.1, -0.05) is 46.5 Å². The Hall–Kier alpha value is -0.530. The molecule has 0 saturated heterocycles. The van der Waals surface area contributed by atoms with Gasteiger partial charge < -0.3 is 5.32 Å². The van der Waals surface area contributed by atoms with E-state index < -0.39 is 0 Å². The van der Waals surface area contributed by atoms with Gasteiger partial charge in [0.25, 0.3) is 0 Å². The van der Waals surface area contributed by atoms with E-state index in [9.17, 15) is 4.79 Å². The van der Waals surface area contributed by atoms with E-state index in [1.165, 1.54) is 32.1 Å². The van der Waals surface area contributed by atoms with Crippen LogP contribution in [-0.4, -0.2) is 13.0 Å². The quantitative estimate of drug-likeness (QED) is 0.644. The van der Waals surface area contributed by atoms with Crippen molar-refractivity contribution in [3.8, 4) is 0 Å². The van der Waals surface area contributed by atoms with E-state index in [0.29, 0.717) is 11.8 Å². The van der Waals surface area contributed by atoms with E-state index >= 15 is 0 Å². The third-order valence-electron chi connectivity index (χ3n) is 2.61. The highest BCUT2D eigenvalue weighted by atomic mass is 16.1. The molecule has 90 valence electrons. The van der Waals surface area contributed by atoms with Crippen molar-refractivity contribution in [2.45, 2.75) is 65.7 Å². The molecule has 0 aliphatic heterocycles. The Labute approximate surface area is 94.8 Å². The number of carbonyl (C=O) groups is 1. The number of hydrogen-bond donors (Lipinski definition) is 1. The van der Waals surface area contributed by atoms with Crippen LogP contribution >= 0.6 is 0 Å². The van der Waals surface area contributed by atoms with Crippen LogP contribution in [0.25, 0.3) is 0 Å². The summed E-state index contributed by atoms with van der Waals surface area (Å²) in [5.41, 5.74) is 0.474. The highest BCUT2D eigenvalue weighted by Crippen LogP contribution is 2.22. The van der Waals surface area contributed by atoms with Crippen LogP contribution in [0.3, 0.4) is 0 Å². The molecule has 0 aromatic carbocycles. The smallest absolute Gasteiger partial charge is 0.219 e. The molecule has 1 amide bonds. The minimum Gasteiger partial charge on any atom is -0.359 e. The van der Waals surface area contributed by atoms with Crippen LogP contribution in [-0.2, 0) is 4.79 Å². The van der Waals surface area contributed by atoms with Crippen molar-refractivity contribution in [1.29, 1.82) is 0 Å². The summed E-state index contributed by atoms with van der Waals surface area (Å²) >= 11 is 0. The second-order valence-electron chi connectivity index (χ2n) is 5.50. The molecule has 0 heterocycles. The fraction of sp³-hybridized carbons (Fsp3) is 0.923. The zero-order chi connectivity index (χ0) is 11.7. The van der Waals surface area contributed by atoms with Gasteiger partial charge in [0.1, 0.15) is 0 Å². The predicted octanol–water partition coefficient (Wildman–Crippen LogP) is 3.51. The van der Waals surface area contributed by atoms with Crippen LogP contribution in [0.2, 0.25) is 0 Å². The van der Waals surface area contributed by atoms with Crippen molar-refractivity contribution in [2.75, 3.05) is 7.05 Å². The zero-order valence-electron chi connectivity index (χ0n) is 10.9. The molecule has 0 aliphatic carbocycles. The van der Waals surface area contributed by atoms with Crippen LogP contribution in [0.5, 0.6) is 0 Å². The Bertz CT molecular complexity index is 170. The number of rotatable bonds is 7. The first-order chi connectivity index (χ1) is 6.95. The topological polar surface area (TPSA) is 29.1 Å². The molecule has 1 N–H and O–H groups in total. The lowest BCUT2D eigenvalue weighted by Gasteiger charge is -2.17. The van der Waals surface area contributed by atoms with Crippen molar-refractivity contribution in [1.82, 2.24) is 5.32 Å². The molecule has 0 radical (unpaired) electrons. The lowest BCUT2D eigenvalue weighted by molar-refractivity contribution is -0.120. The Morgan fingerprint density at radius 3 is 2.07 bits per heavy atom. The fourth-order valence-electron chi connectivity index (χ4n) is 1.60. The zero-order valence-corrected chi connectivity index (χ0v) is 10.9. The Morgan fingerprint density at radius 2 is 1.53 bits per heavy atom. The van der Waals surface area contributed by atoms with Crippen molar-refractivity contribution in [3.05, 3.63) is 0 Å². The second-order valence-corrected chi connectivity index (χ2v) is 5.50. The maximum absolute atomic E-state index is 10.9. The first-order valence-electron chi connectivity index (χ1n) is 6.16. The minimum absolute atomic E-state index is 0.171. The molecular formula is C13H27NO. The molecule has 0 unspecified atom stereocenters. The van der Waals surface area contributed by atoms with Crippen molar-refractivity contribution in [2.24, 2.45) is 5.41 Å². The molecule has 0 aromatic rings. The first kappa shape index (κ1) is 14.5. The monoisotopic (exact) mass is 213 g/mol. The molecule has 15 heavy (non-hydrogen) atoms. The highest BCUT2D eigenvalue weighted by Gasteiger charge is 2.08. The molecule has 0 spiro atoms. The summed E-state index contributed by atoms with van der Waals surface area (Å²) in [6, 6.07) is 0. The summed E-state index contributed by atoms with van der Waals surface area (Å²) in [6.07, 6.45) is 8.13. The average Bonchev–Trinajstić information content (AvgIpc) is 2.14. The van der Waals surface area contributed by atoms with Crippen LogP contribution in [0.15, 0.2) is 0 Å². The number of amides is 1. The lowest BCUT2D eigenvalue weighted by Crippen LogP contribution is -2.16. The van der Waals surface area contributed by atoms with Gasteiger partial charge >= 0.3 is 0 Å². The first-order valence-corrected chi connectivity index (χ1v) is 6.16. The summed E-state index contributed by atoms with van der Waals surface area (Å²) in [5, 5.41) is 2.65. The maximum atomic E-state index is 10.9. The summed E-state index contributed by atoms with van der Waals surface area (Å²) < 4.78 is 0. The molecule has 2 nitrogen and oxygen atoms in total. The third-order valence-corrected chi connectivity index (χ3v) is 2.61. The third kappa shape index (κ3) is 11.4. The molecule has 0 rings (SSSR count). The lowest BCUT2D eigenvalue weighted by atomic mass is 9.89.